The first-order chi connectivity index (χ1) is 34.1. The van der Waals surface area contributed by atoms with E-state index >= 15 is 0 Å². The van der Waals surface area contributed by atoms with Gasteiger partial charge in [-0.1, -0.05) is 13.3 Å². The van der Waals surface area contributed by atoms with Gasteiger partial charge in [0.25, 0.3) is 0 Å². The monoisotopic (exact) mass is 1050 g/mol. The standard InChI is InChI=1S/C40H22O34/c1-2-3-4-72-36(67)20-16(34(63)64)11(29(53)54)17(35(65)66)21(39(70)73-37(68)18-12(30(55)56)7(25(45)46)5(23(41)42)8(26(47)48)13(18)31(57)58)22(20)40(71)74-38(69)19-14(32(59)60)9(27(49)50)6(24(43)44)10(28(51)52)15(19)33(61)62/h2-4H2,1H3,(H,41,42)(H,43,44)(H,45,46)(H,47,48)(H,49,50)(H,51,52)(H,53,54)(H,55,56)(H,57,58)(H,59,60)(H,61,62)(H,63,64)(H,65,66). The molecule has 13 N–H and O–H groups in total. The number of carbonyl (C=O) groups excluding carboxylic acids is 5. The molecule has 0 radical (unpaired) electrons. The summed E-state index contributed by atoms with van der Waals surface area (Å²) in [4.78, 5) is 232. The van der Waals surface area contributed by atoms with Crippen LogP contribution in [-0.2, 0) is 14.2 Å². The summed E-state index contributed by atoms with van der Waals surface area (Å²) in [5, 5.41) is 129. The molecule has 34 nitrogen and oxygen atoms in total. The minimum atomic E-state index is -3.14. The van der Waals surface area contributed by atoms with Crippen LogP contribution in [0.15, 0.2) is 0 Å². The zero-order valence-corrected chi connectivity index (χ0v) is 35.5. The Bertz CT molecular complexity index is 3160. The van der Waals surface area contributed by atoms with Gasteiger partial charge in [-0.3, -0.25) is 0 Å². The Hall–Kier alpha value is -11.5. The summed E-state index contributed by atoms with van der Waals surface area (Å²) in [5.74, 6) is -51.5. The van der Waals surface area contributed by atoms with Crippen LogP contribution in [0.4, 0.5) is 0 Å². The molecule has 386 valence electrons. The number of hydrogen-bond acceptors (Lipinski definition) is 21. The van der Waals surface area contributed by atoms with Gasteiger partial charge in [0.05, 0.1) is 107 Å². The molecule has 0 amide bonds. The third kappa shape index (κ3) is 10.1. The Balaban J connectivity index is 2.82. The van der Waals surface area contributed by atoms with Crippen LogP contribution < -0.4 is 0 Å². The van der Waals surface area contributed by atoms with Crippen molar-refractivity contribution in [3.05, 3.63) is 100 Å². The molecule has 0 aliphatic carbocycles. The number of rotatable bonds is 21. The second-order valence-corrected chi connectivity index (χ2v) is 13.6. The third-order valence-electron chi connectivity index (χ3n) is 9.40. The van der Waals surface area contributed by atoms with Crippen LogP contribution in [0.3, 0.4) is 0 Å². The van der Waals surface area contributed by atoms with E-state index in [-0.39, 0.29) is 12.8 Å². The van der Waals surface area contributed by atoms with Gasteiger partial charge >= 0.3 is 107 Å². The maximum absolute atomic E-state index is 14.4. The second-order valence-electron chi connectivity index (χ2n) is 13.6. The molecule has 74 heavy (non-hydrogen) atoms. The van der Waals surface area contributed by atoms with Gasteiger partial charge in [-0.15, -0.1) is 0 Å². The molecule has 0 aromatic heterocycles. The highest BCUT2D eigenvalue weighted by Crippen LogP contribution is 2.36. The van der Waals surface area contributed by atoms with E-state index in [0.717, 1.165) is 0 Å². The van der Waals surface area contributed by atoms with Crippen molar-refractivity contribution < 1.29 is 167 Å². The summed E-state index contributed by atoms with van der Waals surface area (Å²) in [5.41, 5.74) is -42.5. The van der Waals surface area contributed by atoms with Crippen LogP contribution in [0.5, 0.6) is 0 Å². The molecule has 0 saturated heterocycles. The lowest BCUT2D eigenvalue weighted by molar-refractivity contribution is 0.0342. The smallest absolute Gasteiger partial charge is 0.347 e. The number of carboxylic acids is 13. The van der Waals surface area contributed by atoms with E-state index in [1.165, 1.54) is 6.92 Å². The van der Waals surface area contributed by atoms with Gasteiger partial charge in [0.1, 0.15) is 0 Å². The Kier molecular flexibility index (Phi) is 16.5. The van der Waals surface area contributed by atoms with Crippen molar-refractivity contribution in [1.29, 1.82) is 0 Å². The number of benzene rings is 3. The zero-order chi connectivity index (χ0) is 57.0. The lowest BCUT2D eigenvalue weighted by Crippen LogP contribution is -2.33. The highest BCUT2D eigenvalue weighted by atomic mass is 16.6. The van der Waals surface area contributed by atoms with Gasteiger partial charge in [0.2, 0.25) is 0 Å². The molecule has 0 saturated carbocycles. The lowest BCUT2D eigenvalue weighted by atomic mass is 9.85. The third-order valence-corrected chi connectivity index (χ3v) is 9.40. The zero-order valence-electron chi connectivity index (χ0n) is 35.5. The van der Waals surface area contributed by atoms with Gasteiger partial charge in [-0.25, -0.2) is 86.3 Å². The van der Waals surface area contributed by atoms with Crippen molar-refractivity contribution in [1.82, 2.24) is 0 Å². The largest absolute Gasteiger partial charge is 0.478 e. The first kappa shape index (κ1) is 56.8. The van der Waals surface area contributed by atoms with E-state index in [9.17, 15) is 153 Å². The molecule has 34 heteroatoms. The Morgan fingerprint density at radius 1 is 0.243 bits per heavy atom. The summed E-state index contributed by atoms with van der Waals surface area (Å²) >= 11 is 0. The highest BCUT2D eigenvalue weighted by Gasteiger charge is 2.47. The van der Waals surface area contributed by atoms with E-state index in [2.05, 4.69) is 9.47 Å². The lowest BCUT2D eigenvalue weighted by Gasteiger charge is -2.21. The minimum absolute atomic E-state index is 0.0485. The Morgan fingerprint density at radius 2 is 0.378 bits per heavy atom. The van der Waals surface area contributed by atoms with Gasteiger partial charge in [-0.05, 0) is 6.42 Å². The van der Waals surface area contributed by atoms with E-state index in [1.807, 2.05) is 0 Å². The number of unbranched alkanes of at least 4 members (excludes halogenated alkanes) is 1. The normalized spacial score (nSPS) is 10.4. The summed E-state index contributed by atoms with van der Waals surface area (Å²) in [7, 11) is 0. The second kappa shape index (κ2) is 21.4. The Morgan fingerprint density at radius 3 is 0.541 bits per heavy atom. The fourth-order valence-corrected chi connectivity index (χ4v) is 6.80. The van der Waals surface area contributed by atoms with Gasteiger partial charge < -0.3 is 80.6 Å². The number of aromatic carboxylic acids is 13. The molecule has 0 bridgehead atoms. The molecule has 3 aromatic rings. The molecule has 3 aromatic carbocycles. The first-order valence-electron chi connectivity index (χ1n) is 18.6. The fraction of sp³-hybridized carbons (Fsp3) is 0.100. The van der Waals surface area contributed by atoms with E-state index in [0.29, 0.717) is 0 Å². The molecule has 0 aliphatic rings. The molecule has 0 unspecified atom stereocenters. The molecular formula is C40H22O34. The maximum atomic E-state index is 14.4. The number of carboxylic acid groups (broad SMARTS) is 13. The van der Waals surface area contributed by atoms with E-state index in [1.54, 1.807) is 0 Å². The molecule has 0 atom stereocenters. The Labute approximate surface area is 400 Å². The average Bonchev–Trinajstić information content (AvgIpc) is 3.27. The summed E-state index contributed by atoms with van der Waals surface area (Å²) in [6.07, 6.45) is -0.211. The summed E-state index contributed by atoms with van der Waals surface area (Å²) in [6.45, 7) is 0.462. The van der Waals surface area contributed by atoms with E-state index in [4.69, 9.17) is 4.74 Å². The molecule has 3 rings (SSSR count). The van der Waals surface area contributed by atoms with Crippen LogP contribution >= 0.6 is 0 Å². The van der Waals surface area contributed by atoms with E-state index < -0.39 is 214 Å². The quantitative estimate of drug-likeness (QED) is 0.0302. The number of esters is 5. The van der Waals surface area contributed by atoms with Crippen molar-refractivity contribution in [3.63, 3.8) is 0 Å². The van der Waals surface area contributed by atoms with Crippen LogP contribution in [0, 0.1) is 0 Å². The fourth-order valence-electron chi connectivity index (χ4n) is 6.80. The maximum Gasteiger partial charge on any atom is 0.347 e. The predicted molar refractivity (Wildman–Crippen MR) is 214 cm³/mol. The minimum Gasteiger partial charge on any atom is -0.478 e. The number of hydrogen-bond donors (Lipinski definition) is 13. The molecule has 0 aliphatic heterocycles. The molecular weight excluding hydrogens is 1020 g/mol. The SMILES string of the molecule is CCCCOC(=O)c1c(C(=O)O)c(C(=O)O)c(C(=O)O)c(C(=O)OC(=O)c2c(C(=O)O)c(C(=O)O)c(C(=O)O)c(C(=O)O)c2C(=O)O)c1C(=O)OC(=O)c1c(C(=O)O)c(C(=O)O)c(C(=O)O)c(C(=O)O)c1C(=O)O. The van der Waals surface area contributed by atoms with Crippen molar-refractivity contribution >= 4 is 107 Å². The molecule has 0 spiro atoms. The molecule has 0 heterocycles. The predicted octanol–water partition coefficient (Wildman–Crippen LogP) is 0.715. The highest BCUT2D eigenvalue weighted by molar-refractivity contribution is 6.29. The number of carbonyl (C=O) groups is 18. The topological polar surface area (TPSA) is 598 Å². The van der Waals surface area contributed by atoms with Crippen molar-refractivity contribution in [2.24, 2.45) is 0 Å². The first-order valence-corrected chi connectivity index (χ1v) is 18.6. The average molecular weight is 1050 g/mol. The van der Waals surface area contributed by atoms with Crippen LogP contribution in [0.25, 0.3) is 0 Å². The van der Waals surface area contributed by atoms with Gasteiger partial charge in [0, 0.05) is 0 Å². The van der Waals surface area contributed by atoms with Gasteiger partial charge in [-0.2, -0.15) is 0 Å². The van der Waals surface area contributed by atoms with Crippen molar-refractivity contribution in [2.75, 3.05) is 6.61 Å². The van der Waals surface area contributed by atoms with Crippen LogP contribution in [0.2, 0.25) is 0 Å². The van der Waals surface area contributed by atoms with Crippen LogP contribution in [0.1, 0.15) is 206 Å². The van der Waals surface area contributed by atoms with Crippen molar-refractivity contribution in [3.8, 4) is 0 Å². The summed E-state index contributed by atoms with van der Waals surface area (Å²) in [6, 6.07) is 0. The van der Waals surface area contributed by atoms with Gasteiger partial charge in [0.15, 0.2) is 0 Å². The summed E-state index contributed by atoms with van der Waals surface area (Å²) < 4.78 is 13.4. The van der Waals surface area contributed by atoms with Crippen LogP contribution in [-0.4, -0.2) is 180 Å². The molecule has 0 fully saturated rings. The van der Waals surface area contributed by atoms with Crippen molar-refractivity contribution in [2.45, 2.75) is 19.8 Å². The number of ether oxygens (including phenoxy) is 3.